The Morgan fingerprint density at radius 1 is 1.31 bits per heavy atom. The Labute approximate surface area is 101 Å². The zero-order chi connectivity index (χ0) is 12.6. The zero-order valence-electron chi connectivity index (χ0n) is 11.5. The van der Waals surface area contributed by atoms with Crippen molar-refractivity contribution in [2.45, 2.75) is 53.1 Å². The molecule has 2 nitrogen and oxygen atoms in total. The maximum absolute atomic E-state index is 5.95. The van der Waals surface area contributed by atoms with Gasteiger partial charge in [0.05, 0.1) is 0 Å². The topological polar surface area (TPSA) is 12.5 Å². The highest BCUT2D eigenvalue weighted by atomic mass is 16.7. The molecule has 0 heterocycles. The van der Waals surface area contributed by atoms with E-state index in [2.05, 4.69) is 47.3 Å². The van der Waals surface area contributed by atoms with Gasteiger partial charge >= 0.3 is 0 Å². The minimum atomic E-state index is -0.252. The molecule has 0 amide bonds. The number of rotatable bonds is 8. The first kappa shape index (κ1) is 15.4. The molecule has 0 spiro atoms. The number of hydroxylamine groups is 2. The van der Waals surface area contributed by atoms with Crippen molar-refractivity contribution in [1.29, 1.82) is 0 Å². The molecule has 0 fully saturated rings. The van der Waals surface area contributed by atoms with Crippen LogP contribution in [0.4, 0.5) is 0 Å². The Bertz CT molecular complexity index is 227. The van der Waals surface area contributed by atoms with Crippen molar-refractivity contribution in [3.05, 3.63) is 24.3 Å². The van der Waals surface area contributed by atoms with E-state index in [1.54, 1.807) is 0 Å². The summed E-state index contributed by atoms with van der Waals surface area (Å²) in [5.74, 6) is 0. The van der Waals surface area contributed by atoms with Crippen molar-refractivity contribution in [1.82, 2.24) is 5.06 Å². The molecule has 0 aromatic rings. The van der Waals surface area contributed by atoms with E-state index in [9.17, 15) is 0 Å². The van der Waals surface area contributed by atoms with Gasteiger partial charge in [-0.2, -0.15) is 5.06 Å². The number of hydrogen-bond donors (Lipinski definition) is 0. The number of nitrogens with zero attached hydrogens (tertiary/aromatic N) is 1. The smallest absolute Gasteiger partial charge is 0.105 e. The van der Waals surface area contributed by atoms with Gasteiger partial charge < -0.3 is 0 Å². The molecule has 0 radical (unpaired) electrons. The highest BCUT2D eigenvalue weighted by Gasteiger charge is 2.23. The van der Waals surface area contributed by atoms with E-state index in [0.717, 1.165) is 25.9 Å². The minimum Gasteiger partial charge on any atom is -0.289 e. The summed E-state index contributed by atoms with van der Waals surface area (Å²) in [6.07, 6.45) is 6.15. The van der Waals surface area contributed by atoms with E-state index >= 15 is 0 Å². The second-order valence-electron chi connectivity index (χ2n) is 4.54. The first-order valence-corrected chi connectivity index (χ1v) is 6.18. The van der Waals surface area contributed by atoms with E-state index < -0.39 is 0 Å². The summed E-state index contributed by atoms with van der Waals surface area (Å²) in [6, 6.07) is 0. The molecule has 16 heavy (non-hydrogen) atoms. The van der Waals surface area contributed by atoms with Crippen molar-refractivity contribution in [2.75, 3.05) is 13.1 Å². The summed E-state index contributed by atoms with van der Waals surface area (Å²) in [6.45, 7) is 16.2. The molecular weight excluding hydrogens is 198 g/mol. The van der Waals surface area contributed by atoms with Crippen molar-refractivity contribution in [3.8, 4) is 0 Å². The maximum atomic E-state index is 5.95. The molecule has 0 aliphatic rings. The van der Waals surface area contributed by atoms with Crippen molar-refractivity contribution in [3.63, 3.8) is 0 Å². The molecule has 0 aromatic heterocycles. The number of allylic oxidation sites excluding steroid dienone is 2. The largest absolute Gasteiger partial charge is 0.289 e. The van der Waals surface area contributed by atoms with E-state index in [4.69, 9.17) is 4.84 Å². The fourth-order valence-electron chi connectivity index (χ4n) is 1.48. The van der Waals surface area contributed by atoms with Crippen LogP contribution < -0.4 is 0 Å². The van der Waals surface area contributed by atoms with Gasteiger partial charge in [0.15, 0.2) is 0 Å². The first-order chi connectivity index (χ1) is 7.47. The van der Waals surface area contributed by atoms with Crippen LogP contribution in [-0.4, -0.2) is 23.8 Å². The standard InChI is InChI=1S/C14H27NO/c1-7-14(6,12-10-11-13(4)5)16-15(8-2)9-3/h7,11H,1,8-10,12H2,2-6H3. The lowest BCUT2D eigenvalue weighted by Crippen LogP contribution is -2.36. The monoisotopic (exact) mass is 225 g/mol. The highest BCUT2D eigenvalue weighted by Crippen LogP contribution is 2.21. The SMILES string of the molecule is C=CC(C)(CCC=C(C)C)ON(CC)CC. The van der Waals surface area contributed by atoms with Crippen LogP contribution in [0.3, 0.4) is 0 Å². The summed E-state index contributed by atoms with van der Waals surface area (Å²) in [5, 5.41) is 1.98. The van der Waals surface area contributed by atoms with E-state index in [1.807, 2.05) is 11.1 Å². The number of hydrogen-bond acceptors (Lipinski definition) is 2. The van der Waals surface area contributed by atoms with E-state index in [-0.39, 0.29) is 5.60 Å². The first-order valence-electron chi connectivity index (χ1n) is 6.18. The third kappa shape index (κ3) is 6.09. The van der Waals surface area contributed by atoms with Gasteiger partial charge in [0.1, 0.15) is 5.60 Å². The summed E-state index contributed by atoms with van der Waals surface area (Å²) in [7, 11) is 0. The maximum Gasteiger partial charge on any atom is 0.105 e. The lowest BCUT2D eigenvalue weighted by atomic mass is 9.99. The normalized spacial score (nSPS) is 14.6. The van der Waals surface area contributed by atoms with Crippen molar-refractivity contribution < 1.29 is 4.84 Å². The van der Waals surface area contributed by atoms with Gasteiger partial charge in [-0.1, -0.05) is 31.6 Å². The third-order valence-electron chi connectivity index (χ3n) is 2.67. The lowest BCUT2D eigenvalue weighted by Gasteiger charge is -2.31. The quantitative estimate of drug-likeness (QED) is 0.458. The van der Waals surface area contributed by atoms with Crippen LogP contribution in [0.2, 0.25) is 0 Å². The van der Waals surface area contributed by atoms with Crippen LogP contribution in [0.25, 0.3) is 0 Å². The summed E-state index contributed by atoms with van der Waals surface area (Å²) >= 11 is 0. The Balaban J connectivity index is 4.29. The molecular formula is C14H27NO. The molecule has 0 saturated carbocycles. The van der Waals surface area contributed by atoms with Gasteiger partial charge in [-0.15, -0.1) is 6.58 Å². The van der Waals surface area contributed by atoms with Crippen molar-refractivity contribution in [2.24, 2.45) is 0 Å². The molecule has 94 valence electrons. The Morgan fingerprint density at radius 3 is 2.25 bits per heavy atom. The Morgan fingerprint density at radius 2 is 1.88 bits per heavy atom. The molecule has 1 unspecified atom stereocenters. The van der Waals surface area contributed by atoms with Gasteiger partial charge in [0.2, 0.25) is 0 Å². The predicted octanol–water partition coefficient (Wildman–Crippen LogP) is 3.95. The fraction of sp³-hybridized carbons (Fsp3) is 0.714. The van der Waals surface area contributed by atoms with Crippen LogP contribution in [0, 0.1) is 0 Å². The van der Waals surface area contributed by atoms with Crippen molar-refractivity contribution >= 4 is 0 Å². The average Bonchev–Trinajstić information content (AvgIpc) is 2.25. The molecule has 0 N–H and O–H groups in total. The minimum absolute atomic E-state index is 0.252. The molecule has 0 saturated heterocycles. The summed E-state index contributed by atoms with van der Waals surface area (Å²) in [4.78, 5) is 5.95. The van der Waals surface area contributed by atoms with Gasteiger partial charge in [-0.25, -0.2) is 0 Å². The molecule has 0 rings (SSSR count). The predicted molar refractivity (Wildman–Crippen MR) is 71.3 cm³/mol. The highest BCUT2D eigenvalue weighted by molar-refractivity contribution is 4.98. The van der Waals surface area contributed by atoms with Crippen LogP contribution in [0.1, 0.15) is 47.5 Å². The van der Waals surface area contributed by atoms with Gasteiger partial charge in [0.25, 0.3) is 0 Å². The Kier molecular flexibility index (Phi) is 7.35. The van der Waals surface area contributed by atoms with Crippen LogP contribution in [0.15, 0.2) is 24.3 Å². The molecule has 0 bridgehead atoms. The molecule has 0 aromatic carbocycles. The van der Waals surface area contributed by atoms with E-state index in [0.29, 0.717) is 0 Å². The third-order valence-corrected chi connectivity index (χ3v) is 2.67. The second kappa shape index (κ2) is 7.64. The van der Waals surface area contributed by atoms with E-state index in [1.165, 1.54) is 5.57 Å². The van der Waals surface area contributed by atoms with Crippen LogP contribution in [-0.2, 0) is 4.84 Å². The van der Waals surface area contributed by atoms with Gasteiger partial charge in [-0.3, -0.25) is 4.84 Å². The van der Waals surface area contributed by atoms with Crippen LogP contribution >= 0.6 is 0 Å². The zero-order valence-corrected chi connectivity index (χ0v) is 11.5. The van der Waals surface area contributed by atoms with Gasteiger partial charge in [-0.05, 0) is 33.6 Å². The second-order valence-corrected chi connectivity index (χ2v) is 4.54. The molecule has 0 aliphatic heterocycles. The summed E-state index contributed by atoms with van der Waals surface area (Å²) < 4.78 is 0. The molecule has 2 heteroatoms. The van der Waals surface area contributed by atoms with Crippen LogP contribution in [0.5, 0.6) is 0 Å². The van der Waals surface area contributed by atoms with Gasteiger partial charge in [0, 0.05) is 13.1 Å². The summed E-state index contributed by atoms with van der Waals surface area (Å²) in [5.41, 5.74) is 1.10. The Hall–Kier alpha value is -0.600. The molecule has 1 atom stereocenters. The average molecular weight is 225 g/mol. The lowest BCUT2D eigenvalue weighted by molar-refractivity contribution is -0.220. The fourth-order valence-corrected chi connectivity index (χ4v) is 1.48. The molecule has 0 aliphatic carbocycles.